The van der Waals surface area contributed by atoms with Gasteiger partial charge < -0.3 is 39.6 Å². The van der Waals surface area contributed by atoms with Gasteiger partial charge in [0.1, 0.15) is 24.4 Å². The molecule has 0 aromatic heterocycles. The third kappa shape index (κ3) is 20.7. The molecule has 0 saturated heterocycles. The first-order valence-corrected chi connectivity index (χ1v) is 15.2. The molecule has 1 aromatic rings. The van der Waals surface area contributed by atoms with Crippen LogP contribution in [0, 0.1) is 0 Å². The fourth-order valence-electron chi connectivity index (χ4n) is 2.65. The van der Waals surface area contributed by atoms with Crippen LogP contribution in [0.4, 0.5) is 5.69 Å². The van der Waals surface area contributed by atoms with E-state index in [-0.39, 0.29) is 41.6 Å². The highest BCUT2D eigenvalue weighted by Gasteiger charge is 2.18. The lowest BCUT2D eigenvalue weighted by molar-refractivity contribution is -0.126. The summed E-state index contributed by atoms with van der Waals surface area (Å²) >= 11 is 0. The number of ether oxygens (including phenoxy) is 5. The molecular weight excluding hydrogens is 542 g/mol. The van der Waals surface area contributed by atoms with Crippen molar-refractivity contribution in [3.63, 3.8) is 0 Å². The van der Waals surface area contributed by atoms with Crippen LogP contribution in [0.3, 0.4) is 0 Å². The van der Waals surface area contributed by atoms with Gasteiger partial charge in [-0.15, -0.1) is 6.58 Å². The Morgan fingerprint density at radius 2 is 1.77 bits per heavy atom. The molecule has 1 aromatic carbocycles. The maximum atomic E-state index is 12.3. The highest BCUT2D eigenvalue weighted by atomic mass is 33.1. The summed E-state index contributed by atoms with van der Waals surface area (Å²) in [6, 6.07) is 7.23. The molecule has 12 heteroatoms. The second kappa shape index (κ2) is 22.0. The normalized spacial score (nSPS) is 12.1. The standard InChI is InChI=1S/C27H45N3O7S2/c1-6-11-29-25(32)20-35-17-18-36-26(38-39-27(2,3)4)21-37-23-9-7-8-22(19-23)30-24(31)10-13-33-15-16-34-14-12-28-5/h6-9,19,26,28H,1,10-18,20-21H2,2-5H3,(H,29,32)(H,30,31). The highest BCUT2D eigenvalue weighted by molar-refractivity contribution is 8.77. The molecule has 0 aliphatic carbocycles. The van der Waals surface area contributed by atoms with Crippen molar-refractivity contribution >= 4 is 39.1 Å². The Morgan fingerprint density at radius 1 is 1.03 bits per heavy atom. The van der Waals surface area contributed by atoms with Crippen LogP contribution in [-0.2, 0) is 28.5 Å². The smallest absolute Gasteiger partial charge is 0.246 e. The number of likely N-dealkylation sites (N-methyl/N-ethyl adjacent to an activating group) is 1. The van der Waals surface area contributed by atoms with Gasteiger partial charge in [0.15, 0.2) is 0 Å². The molecule has 0 spiro atoms. The predicted octanol–water partition coefficient (Wildman–Crippen LogP) is 3.49. The lowest BCUT2D eigenvalue weighted by Crippen LogP contribution is -2.28. The summed E-state index contributed by atoms with van der Waals surface area (Å²) in [4.78, 5) is 23.9. The van der Waals surface area contributed by atoms with Gasteiger partial charge in [-0.25, -0.2) is 0 Å². The average Bonchev–Trinajstić information content (AvgIpc) is 2.89. The minimum absolute atomic E-state index is 0.0295. The number of anilines is 1. The van der Waals surface area contributed by atoms with Crippen molar-refractivity contribution in [3.8, 4) is 5.75 Å². The lowest BCUT2D eigenvalue weighted by atomic mass is 10.3. The maximum absolute atomic E-state index is 12.3. The highest BCUT2D eigenvalue weighted by Crippen LogP contribution is 2.38. The molecule has 39 heavy (non-hydrogen) atoms. The third-order valence-corrected chi connectivity index (χ3v) is 7.97. The second-order valence-electron chi connectivity index (χ2n) is 9.20. The zero-order valence-electron chi connectivity index (χ0n) is 23.6. The van der Waals surface area contributed by atoms with Crippen LogP contribution in [0.1, 0.15) is 27.2 Å². The first-order valence-electron chi connectivity index (χ1n) is 13.0. The van der Waals surface area contributed by atoms with Crippen LogP contribution >= 0.6 is 21.6 Å². The van der Waals surface area contributed by atoms with E-state index < -0.39 is 0 Å². The van der Waals surface area contributed by atoms with Crippen molar-refractivity contribution in [1.29, 1.82) is 0 Å². The first kappa shape index (κ1) is 35.2. The van der Waals surface area contributed by atoms with E-state index in [0.29, 0.717) is 57.6 Å². The largest absolute Gasteiger partial charge is 0.490 e. The Balaban J connectivity index is 2.42. The zero-order chi connectivity index (χ0) is 28.8. The van der Waals surface area contributed by atoms with Crippen LogP contribution < -0.4 is 20.7 Å². The number of carbonyl (C=O) groups is 2. The first-order chi connectivity index (χ1) is 18.7. The van der Waals surface area contributed by atoms with Crippen molar-refractivity contribution in [2.75, 3.05) is 78.3 Å². The zero-order valence-corrected chi connectivity index (χ0v) is 25.3. The van der Waals surface area contributed by atoms with Gasteiger partial charge in [0.25, 0.3) is 0 Å². The van der Waals surface area contributed by atoms with Gasteiger partial charge in [-0.2, -0.15) is 0 Å². The molecule has 10 nitrogen and oxygen atoms in total. The van der Waals surface area contributed by atoms with Crippen LogP contribution in [0.5, 0.6) is 5.75 Å². The molecule has 1 rings (SSSR count). The van der Waals surface area contributed by atoms with E-state index >= 15 is 0 Å². The van der Waals surface area contributed by atoms with E-state index in [2.05, 4.69) is 43.3 Å². The molecule has 0 radical (unpaired) electrons. The molecule has 1 atom stereocenters. The van der Waals surface area contributed by atoms with Crippen molar-refractivity contribution in [1.82, 2.24) is 10.6 Å². The molecule has 222 valence electrons. The van der Waals surface area contributed by atoms with Crippen molar-refractivity contribution in [2.45, 2.75) is 37.4 Å². The van der Waals surface area contributed by atoms with E-state index in [1.54, 1.807) is 33.7 Å². The molecular formula is C27H45N3O7S2. The molecule has 0 fully saturated rings. The van der Waals surface area contributed by atoms with Gasteiger partial charge in [0, 0.05) is 29.6 Å². The van der Waals surface area contributed by atoms with E-state index in [9.17, 15) is 9.59 Å². The van der Waals surface area contributed by atoms with Crippen LogP contribution in [-0.4, -0.2) is 95.0 Å². The van der Waals surface area contributed by atoms with Crippen molar-refractivity contribution in [2.24, 2.45) is 0 Å². The monoisotopic (exact) mass is 587 g/mol. The predicted molar refractivity (Wildman–Crippen MR) is 159 cm³/mol. The van der Waals surface area contributed by atoms with Crippen LogP contribution in [0.2, 0.25) is 0 Å². The van der Waals surface area contributed by atoms with Gasteiger partial charge in [-0.05, 0) is 19.2 Å². The van der Waals surface area contributed by atoms with Gasteiger partial charge in [0.05, 0.1) is 46.1 Å². The molecule has 1 unspecified atom stereocenters. The van der Waals surface area contributed by atoms with E-state index in [1.807, 2.05) is 25.2 Å². The molecule has 0 saturated carbocycles. The van der Waals surface area contributed by atoms with Crippen molar-refractivity contribution < 1.29 is 33.3 Å². The summed E-state index contributed by atoms with van der Waals surface area (Å²) in [5, 5.41) is 8.53. The lowest BCUT2D eigenvalue weighted by Gasteiger charge is -2.22. The number of nitrogens with one attached hydrogen (secondary N) is 3. The van der Waals surface area contributed by atoms with Crippen LogP contribution in [0.15, 0.2) is 36.9 Å². The number of amides is 2. The molecule has 2 amide bonds. The number of rotatable bonds is 23. The number of carbonyl (C=O) groups excluding carboxylic acids is 2. The third-order valence-electron chi connectivity index (χ3n) is 4.46. The Morgan fingerprint density at radius 3 is 2.49 bits per heavy atom. The molecule has 0 bridgehead atoms. The average molecular weight is 588 g/mol. The summed E-state index contributed by atoms with van der Waals surface area (Å²) in [7, 11) is 5.15. The SMILES string of the molecule is C=CCNC(=O)COCCOC(COc1cccc(NC(=O)CCOCCOCCNC)c1)SSC(C)(C)C. The number of hydrogen-bond donors (Lipinski definition) is 3. The van der Waals surface area contributed by atoms with E-state index in [4.69, 9.17) is 23.7 Å². The molecule has 0 heterocycles. The van der Waals surface area contributed by atoms with Gasteiger partial charge in [-0.1, -0.05) is 54.5 Å². The van der Waals surface area contributed by atoms with Gasteiger partial charge >= 0.3 is 0 Å². The fraction of sp³-hybridized carbons (Fsp3) is 0.630. The Kier molecular flexibility index (Phi) is 19.8. The summed E-state index contributed by atoms with van der Waals surface area (Å²) in [5.74, 6) is 0.282. The summed E-state index contributed by atoms with van der Waals surface area (Å²) in [6.07, 6.45) is 1.86. The Labute approximate surface area is 241 Å². The minimum Gasteiger partial charge on any atom is -0.490 e. The summed E-state index contributed by atoms with van der Waals surface area (Å²) < 4.78 is 28.2. The molecule has 3 N–H and O–H groups in total. The van der Waals surface area contributed by atoms with Crippen molar-refractivity contribution in [3.05, 3.63) is 36.9 Å². The maximum Gasteiger partial charge on any atom is 0.246 e. The number of hydrogen-bond acceptors (Lipinski definition) is 10. The van der Waals surface area contributed by atoms with Gasteiger partial charge in [0.2, 0.25) is 11.8 Å². The number of benzene rings is 1. The van der Waals surface area contributed by atoms with Gasteiger partial charge in [-0.3, -0.25) is 9.59 Å². The second-order valence-corrected chi connectivity index (χ2v) is 12.4. The summed E-state index contributed by atoms with van der Waals surface area (Å²) in [6.45, 7) is 13.9. The Bertz CT molecular complexity index is 825. The van der Waals surface area contributed by atoms with Crippen LogP contribution in [0.25, 0.3) is 0 Å². The Hall–Kier alpha value is -1.80. The minimum atomic E-state index is -0.259. The topological polar surface area (TPSA) is 116 Å². The fourth-order valence-corrected chi connectivity index (χ4v) is 4.85. The quantitative estimate of drug-likeness (QED) is 0.0761. The summed E-state index contributed by atoms with van der Waals surface area (Å²) in [5.41, 5.74) is 0.384. The molecule has 0 aliphatic heterocycles. The molecule has 0 aliphatic rings. The van der Waals surface area contributed by atoms with E-state index in [0.717, 1.165) is 6.54 Å². The van der Waals surface area contributed by atoms with E-state index in [1.165, 1.54) is 0 Å².